The quantitative estimate of drug-likeness (QED) is 0.233. The van der Waals surface area contributed by atoms with E-state index in [1.807, 2.05) is 0 Å². The summed E-state index contributed by atoms with van der Waals surface area (Å²) in [5.74, 6) is 0. The van der Waals surface area contributed by atoms with E-state index in [0.29, 0.717) is 0 Å². The van der Waals surface area contributed by atoms with Gasteiger partial charge in [-0.1, -0.05) is 115 Å². The maximum absolute atomic E-state index is 5.19. The maximum Gasteiger partial charge on any atom is 0.0843 e. The van der Waals surface area contributed by atoms with E-state index >= 15 is 0 Å². The molecule has 0 saturated carbocycles. The van der Waals surface area contributed by atoms with Gasteiger partial charge in [-0.15, -0.1) is 0 Å². The number of hydrogen-bond acceptors (Lipinski definition) is 2. The second kappa shape index (κ2) is 9.07. The number of fused-ring (bicyclic) bond motifs is 3. The molecule has 0 bridgehead atoms. The lowest BCUT2D eigenvalue weighted by Crippen LogP contribution is -2.19. The first kappa shape index (κ1) is 21.6. The van der Waals surface area contributed by atoms with Crippen molar-refractivity contribution >= 4 is 49.8 Å². The summed E-state index contributed by atoms with van der Waals surface area (Å²) in [5, 5.41) is 15.0. The minimum atomic E-state index is 0.102. The van der Waals surface area contributed by atoms with Crippen LogP contribution in [-0.4, -0.2) is 5.71 Å². The van der Waals surface area contributed by atoms with Gasteiger partial charge in [-0.2, -0.15) is 5.10 Å². The van der Waals surface area contributed by atoms with Crippen molar-refractivity contribution in [2.45, 2.75) is 12.5 Å². The molecule has 1 aliphatic rings. The molecule has 1 unspecified atom stereocenters. The van der Waals surface area contributed by atoms with Crippen LogP contribution in [0.5, 0.6) is 0 Å². The average molecular weight is 475 g/mol. The summed E-state index contributed by atoms with van der Waals surface area (Å²) in [6.07, 6.45) is 5.26. The number of hydrogen-bond donors (Lipinski definition) is 0. The average Bonchev–Trinajstić information content (AvgIpc) is 3.39. The Morgan fingerprint density at radius 3 is 1.89 bits per heavy atom. The Bertz CT molecular complexity index is 1760. The highest BCUT2D eigenvalue weighted by atomic mass is 15.5. The van der Waals surface area contributed by atoms with Crippen LogP contribution in [0.3, 0.4) is 0 Å². The van der Waals surface area contributed by atoms with Crippen LogP contribution in [0.15, 0.2) is 139 Å². The molecule has 37 heavy (non-hydrogen) atoms. The minimum absolute atomic E-state index is 0.102. The number of rotatable bonds is 4. The topological polar surface area (TPSA) is 15.6 Å². The number of anilines is 1. The monoisotopic (exact) mass is 474 g/mol. The third-order valence-corrected chi connectivity index (χ3v) is 7.38. The Kier molecular flexibility index (Phi) is 5.29. The summed E-state index contributed by atoms with van der Waals surface area (Å²) >= 11 is 0. The van der Waals surface area contributed by atoms with Gasteiger partial charge < -0.3 is 0 Å². The van der Waals surface area contributed by atoms with Crippen molar-refractivity contribution in [2.24, 2.45) is 5.10 Å². The Morgan fingerprint density at radius 2 is 1.16 bits per heavy atom. The fourth-order valence-corrected chi connectivity index (χ4v) is 5.67. The SMILES string of the molecule is C(=C\c1cccc2ccccc12)/C1=NN(c2ccccc2)C(c2c3ccccc3cc3ccccc23)C1. The fraction of sp³-hybridized carbons (Fsp3) is 0.0571. The standard InChI is InChI=1S/C35H26N2/c1-2-16-30(17-3-1)37-34(35-32-19-8-5-12-27(32)23-28-13-6-9-20-33(28)35)24-29(36-37)22-21-26-15-10-14-25-11-4-7-18-31(25)26/h1-23,34H,24H2/b22-21+. The van der Waals surface area contributed by atoms with Crippen molar-refractivity contribution in [2.75, 3.05) is 5.01 Å². The minimum Gasteiger partial charge on any atom is -0.257 e. The first-order valence-corrected chi connectivity index (χ1v) is 12.8. The van der Waals surface area contributed by atoms with Gasteiger partial charge in [0.05, 0.1) is 17.4 Å². The van der Waals surface area contributed by atoms with E-state index in [4.69, 9.17) is 5.10 Å². The lowest BCUT2D eigenvalue weighted by molar-refractivity contribution is 0.719. The van der Waals surface area contributed by atoms with Crippen molar-refractivity contribution in [3.8, 4) is 0 Å². The molecule has 0 fully saturated rings. The molecular weight excluding hydrogens is 448 g/mol. The highest BCUT2D eigenvalue weighted by Gasteiger charge is 2.31. The molecule has 0 saturated heterocycles. The molecule has 1 atom stereocenters. The number of nitrogens with zero attached hydrogens (tertiary/aromatic N) is 2. The fourth-order valence-electron chi connectivity index (χ4n) is 5.67. The second-order valence-electron chi connectivity index (χ2n) is 9.63. The van der Waals surface area contributed by atoms with E-state index in [2.05, 4.69) is 145 Å². The van der Waals surface area contributed by atoms with E-state index in [1.165, 1.54) is 43.4 Å². The van der Waals surface area contributed by atoms with Gasteiger partial charge in [0, 0.05) is 6.42 Å². The lowest BCUT2D eigenvalue weighted by Gasteiger charge is -2.26. The van der Waals surface area contributed by atoms with E-state index in [1.54, 1.807) is 0 Å². The van der Waals surface area contributed by atoms with Crippen molar-refractivity contribution in [3.05, 3.63) is 145 Å². The van der Waals surface area contributed by atoms with E-state index in [-0.39, 0.29) is 6.04 Å². The molecule has 6 aromatic rings. The first-order chi connectivity index (χ1) is 18.3. The van der Waals surface area contributed by atoms with Crippen LogP contribution < -0.4 is 5.01 Å². The molecule has 0 aromatic heterocycles. The van der Waals surface area contributed by atoms with Gasteiger partial charge in [-0.3, -0.25) is 5.01 Å². The van der Waals surface area contributed by atoms with Crippen LogP contribution in [0.2, 0.25) is 0 Å². The van der Waals surface area contributed by atoms with Crippen LogP contribution in [0.25, 0.3) is 38.4 Å². The van der Waals surface area contributed by atoms with Crippen molar-refractivity contribution in [1.29, 1.82) is 0 Å². The Morgan fingerprint density at radius 1 is 0.568 bits per heavy atom. The Balaban J connectivity index is 1.37. The number of benzene rings is 6. The first-order valence-electron chi connectivity index (χ1n) is 12.8. The van der Waals surface area contributed by atoms with Gasteiger partial charge in [0.1, 0.15) is 0 Å². The van der Waals surface area contributed by atoms with Crippen LogP contribution in [0, 0.1) is 0 Å². The van der Waals surface area contributed by atoms with Gasteiger partial charge in [-0.05, 0) is 67.7 Å². The van der Waals surface area contributed by atoms with Gasteiger partial charge in [-0.25, -0.2) is 0 Å². The van der Waals surface area contributed by atoms with Crippen LogP contribution in [0.4, 0.5) is 5.69 Å². The highest BCUT2D eigenvalue weighted by Crippen LogP contribution is 2.42. The van der Waals surface area contributed by atoms with Crippen LogP contribution in [0.1, 0.15) is 23.6 Å². The summed E-state index contributed by atoms with van der Waals surface area (Å²) < 4.78 is 0. The third-order valence-electron chi connectivity index (χ3n) is 7.38. The Hall–Kier alpha value is -4.69. The van der Waals surface area contributed by atoms with Crippen molar-refractivity contribution in [3.63, 3.8) is 0 Å². The van der Waals surface area contributed by atoms with Gasteiger partial charge in [0.15, 0.2) is 0 Å². The van der Waals surface area contributed by atoms with E-state index < -0.39 is 0 Å². The zero-order valence-corrected chi connectivity index (χ0v) is 20.5. The molecular formula is C35H26N2. The van der Waals surface area contributed by atoms with Crippen LogP contribution >= 0.6 is 0 Å². The van der Waals surface area contributed by atoms with Gasteiger partial charge in [0.25, 0.3) is 0 Å². The second-order valence-corrected chi connectivity index (χ2v) is 9.63. The maximum atomic E-state index is 5.19. The van der Waals surface area contributed by atoms with E-state index in [9.17, 15) is 0 Å². The van der Waals surface area contributed by atoms with Crippen LogP contribution in [-0.2, 0) is 0 Å². The molecule has 0 spiro atoms. The summed E-state index contributed by atoms with van der Waals surface area (Å²) in [5.41, 5.74) is 4.75. The summed E-state index contributed by atoms with van der Waals surface area (Å²) in [4.78, 5) is 0. The predicted octanol–water partition coefficient (Wildman–Crippen LogP) is 9.17. The molecule has 2 heteroatoms. The molecule has 2 nitrogen and oxygen atoms in total. The van der Waals surface area contributed by atoms with Gasteiger partial charge in [0.2, 0.25) is 0 Å². The Labute approximate surface area is 216 Å². The highest BCUT2D eigenvalue weighted by molar-refractivity contribution is 6.07. The molecule has 0 aliphatic carbocycles. The van der Waals surface area contributed by atoms with E-state index in [0.717, 1.165) is 17.8 Å². The molecule has 0 N–H and O–H groups in total. The smallest absolute Gasteiger partial charge is 0.0843 e. The predicted molar refractivity (Wildman–Crippen MR) is 158 cm³/mol. The molecule has 7 rings (SSSR count). The zero-order chi connectivity index (χ0) is 24.6. The lowest BCUT2D eigenvalue weighted by atomic mass is 9.90. The number of para-hydroxylation sites is 1. The summed E-state index contributed by atoms with van der Waals surface area (Å²) in [7, 11) is 0. The van der Waals surface area contributed by atoms with Crippen molar-refractivity contribution < 1.29 is 0 Å². The zero-order valence-electron chi connectivity index (χ0n) is 20.5. The molecule has 176 valence electrons. The molecule has 0 amide bonds. The third kappa shape index (κ3) is 3.88. The number of hydrazone groups is 1. The van der Waals surface area contributed by atoms with Crippen molar-refractivity contribution in [1.82, 2.24) is 0 Å². The summed E-state index contributed by atoms with van der Waals surface area (Å²) in [6.45, 7) is 0. The molecule has 6 aromatic carbocycles. The van der Waals surface area contributed by atoms with Gasteiger partial charge >= 0.3 is 0 Å². The largest absolute Gasteiger partial charge is 0.257 e. The molecule has 1 heterocycles. The molecule has 1 aliphatic heterocycles. The normalized spacial score (nSPS) is 15.7. The number of allylic oxidation sites excluding steroid dienone is 1. The molecule has 0 radical (unpaired) electrons. The summed E-state index contributed by atoms with van der Waals surface area (Å²) in [6, 6.07) is 45.5.